The van der Waals surface area contributed by atoms with Crippen LogP contribution in [-0.4, -0.2) is 36.5 Å². The van der Waals surface area contributed by atoms with Crippen molar-refractivity contribution in [3.63, 3.8) is 0 Å². The number of hydrogen-bond acceptors (Lipinski definition) is 5. The number of benzene rings is 2. The average Bonchev–Trinajstić information content (AvgIpc) is 3.44. The van der Waals surface area contributed by atoms with E-state index in [2.05, 4.69) is 20.5 Å². The van der Waals surface area contributed by atoms with Gasteiger partial charge in [0.15, 0.2) is 11.9 Å². The van der Waals surface area contributed by atoms with Gasteiger partial charge in [-0.25, -0.2) is 9.50 Å². The molecule has 1 amide bonds. The number of amides is 1. The van der Waals surface area contributed by atoms with Crippen molar-refractivity contribution in [2.24, 2.45) is 0 Å². The molecule has 37 heavy (non-hydrogen) atoms. The molecule has 0 saturated heterocycles. The van der Waals surface area contributed by atoms with Crippen molar-refractivity contribution in [3.8, 4) is 11.3 Å². The first-order valence-electron chi connectivity index (χ1n) is 11.3. The molecule has 8 nitrogen and oxygen atoms in total. The van der Waals surface area contributed by atoms with Crippen molar-refractivity contribution in [2.75, 3.05) is 11.1 Å². The van der Waals surface area contributed by atoms with Crippen molar-refractivity contribution < 1.29 is 18.0 Å². The first kappa shape index (κ1) is 24.0. The van der Waals surface area contributed by atoms with E-state index in [9.17, 15) is 18.0 Å². The van der Waals surface area contributed by atoms with Gasteiger partial charge >= 0.3 is 6.18 Å². The summed E-state index contributed by atoms with van der Waals surface area (Å²) < 4.78 is 44.0. The van der Waals surface area contributed by atoms with Gasteiger partial charge in [-0.05, 0) is 42.7 Å². The summed E-state index contributed by atoms with van der Waals surface area (Å²) in [5, 5.41) is 10.8. The van der Waals surface area contributed by atoms with Crippen molar-refractivity contribution in [2.45, 2.75) is 26.1 Å². The van der Waals surface area contributed by atoms with Crippen molar-refractivity contribution in [1.82, 2.24) is 24.4 Å². The normalized spacial score (nSPS) is 12.6. The molecular weight excluding hydrogens is 483 g/mol. The zero-order valence-corrected chi connectivity index (χ0v) is 19.9. The van der Waals surface area contributed by atoms with E-state index in [1.165, 1.54) is 43.0 Å². The second kappa shape index (κ2) is 9.08. The van der Waals surface area contributed by atoms with Crippen molar-refractivity contribution in [3.05, 3.63) is 95.6 Å². The minimum absolute atomic E-state index is 0.0405. The summed E-state index contributed by atoms with van der Waals surface area (Å²) in [7, 11) is 0. The van der Waals surface area contributed by atoms with Crippen LogP contribution in [0.15, 0.2) is 73.3 Å². The van der Waals surface area contributed by atoms with E-state index in [0.29, 0.717) is 28.0 Å². The van der Waals surface area contributed by atoms with Gasteiger partial charge in [0.1, 0.15) is 11.8 Å². The first-order chi connectivity index (χ1) is 17.6. The van der Waals surface area contributed by atoms with Crippen LogP contribution in [0.4, 0.5) is 24.7 Å². The van der Waals surface area contributed by atoms with Crippen LogP contribution >= 0.6 is 0 Å². The van der Waals surface area contributed by atoms with Crippen LogP contribution in [-0.2, 0) is 0 Å². The maximum atomic E-state index is 13.9. The number of nitrogen functional groups attached to an aromatic ring is 1. The number of nitrogens with two attached hydrogens (primary N) is 1. The fourth-order valence-electron chi connectivity index (χ4n) is 4.35. The van der Waals surface area contributed by atoms with Crippen molar-refractivity contribution >= 4 is 22.9 Å². The maximum Gasteiger partial charge on any atom is 0.415 e. The molecule has 0 radical (unpaired) electrons. The monoisotopic (exact) mass is 505 g/mol. The largest absolute Gasteiger partial charge is 0.415 e. The van der Waals surface area contributed by atoms with E-state index < -0.39 is 18.1 Å². The Morgan fingerprint density at radius 3 is 2.51 bits per heavy atom. The Bertz CT molecular complexity index is 1610. The second-order valence-corrected chi connectivity index (χ2v) is 8.67. The predicted octanol–water partition coefficient (Wildman–Crippen LogP) is 5.20. The number of fused-ring (bicyclic) bond motifs is 1. The van der Waals surface area contributed by atoms with Gasteiger partial charge in [0.05, 0.1) is 17.6 Å². The van der Waals surface area contributed by atoms with Crippen LogP contribution < -0.4 is 11.1 Å². The maximum absolute atomic E-state index is 13.9. The zero-order valence-electron chi connectivity index (χ0n) is 19.9. The number of aryl methyl sites for hydroxylation is 2. The molecule has 3 aromatic heterocycles. The zero-order chi connectivity index (χ0) is 26.3. The van der Waals surface area contributed by atoms with Crippen LogP contribution in [0.3, 0.4) is 0 Å². The summed E-state index contributed by atoms with van der Waals surface area (Å²) >= 11 is 0. The number of anilines is 2. The van der Waals surface area contributed by atoms with Gasteiger partial charge in [-0.15, -0.1) is 0 Å². The number of halogens is 3. The number of carbonyl (C=O) groups excluding carboxylic acids is 1. The highest BCUT2D eigenvalue weighted by atomic mass is 19.4. The van der Waals surface area contributed by atoms with E-state index in [1.807, 2.05) is 19.1 Å². The van der Waals surface area contributed by atoms with E-state index in [-0.39, 0.29) is 11.3 Å². The molecule has 0 bridgehead atoms. The lowest BCUT2D eigenvalue weighted by molar-refractivity contribution is -0.159. The predicted molar refractivity (Wildman–Crippen MR) is 133 cm³/mol. The highest BCUT2D eigenvalue weighted by Crippen LogP contribution is 2.36. The van der Waals surface area contributed by atoms with E-state index in [0.717, 1.165) is 15.9 Å². The van der Waals surface area contributed by atoms with Gasteiger partial charge in [-0.2, -0.15) is 23.4 Å². The summed E-state index contributed by atoms with van der Waals surface area (Å²) in [4.78, 5) is 17.2. The van der Waals surface area contributed by atoms with Crippen LogP contribution in [0.5, 0.6) is 0 Å². The molecule has 3 heterocycles. The molecule has 1 atom stereocenters. The first-order valence-corrected chi connectivity index (χ1v) is 11.3. The third-order valence-electron chi connectivity index (χ3n) is 6.10. The number of aromatic nitrogens is 5. The summed E-state index contributed by atoms with van der Waals surface area (Å²) in [6, 6.07) is 12.8. The Hall–Kier alpha value is -4.67. The molecule has 11 heteroatoms. The molecule has 0 aliphatic rings. The highest BCUT2D eigenvalue weighted by molar-refractivity contribution is 6.06. The Balaban J connectivity index is 1.45. The van der Waals surface area contributed by atoms with Crippen LogP contribution in [0, 0.1) is 13.8 Å². The summed E-state index contributed by atoms with van der Waals surface area (Å²) in [6.07, 6.45) is -0.854. The molecule has 2 aromatic carbocycles. The molecule has 3 N–H and O–H groups in total. The Morgan fingerprint density at radius 2 is 1.78 bits per heavy atom. The number of carbonyl (C=O) groups is 1. The summed E-state index contributed by atoms with van der Waals surface area (Å²) in [5.41, 5.74) is 10.2. The number of hydrogen-bond donors (Lipinski definition) is 2. The Kier molecular flexibility index (Phi) is 5.90. The smallest absolute Gasteiger partial charge is 0.382 e. The van der Waals surface area contributed by atoms with Gasteiger partial charge in [0.25, 0.3) is 5.91 Å². The molecule has 0 aliphatic heterocycles. The van der Waals surface area contributed by atoms with Gasteiger partial charge < -0.3 is 11.1 Å². The topological polar surface area (TPSA) is 103 Å². The summed E-state index contributed by atoms with van der Waals surface area (Å²) in [5.74, 6) is -0.137. The molecule has 5 aromatic rings. The molecule has 1 unspecified atom stereocenters. The molecule has 0 saturated carbocycles. The van der Waals surface area contributed by atoms with E-state index >= 15 is 0 Å². The lowest BCUT2D eigenvalue weighted by atomic mass is 10.0. The van der Waals surface area contributed by atoms with Crippen LogP contribution in [0.2, 0.25) is 0 Å². The van der Waals surface area contributed by atoms with Gasteiger partial charge in [0, 0.05) is 17.3 Å². The molecule has 5 rings (SSSR count). The number of nitrogens with one attached hydrogen (secondary N) is 1. The minimum atomic E-state index is -4.58. The third kappa shape index (κ3) is 4.51. The quantitative estimate of drug-likeness (QED) is 0.342. The third-order valence-corrected chi connectivity index (χ3v) is 6.10. The standard InChI is InChI=1S/C26H22F3N7O/c1-15-8-9-18(21-10-16(2)22-24(30)31-14-33-36(21)22)11-20(15)25(37)34-19-12-32-35(13-19)23(26(27,28)29)17-6-4-3-5-7-17/h3-14,23H,1-2H3,(H,34,37)(H2,30,31,33). The molecule has 0 aliphatic carbocycles. The lowest BCUT2D eigenvalue weighted by Gasteiger charge is -2.21. The molecular formula is C26H22F3N7O. The number of alkyl halides is 3. The fourth-order valence-corrected chi connectivity index (χ4v) is 4.35. The molecule has 0 spiro atoms. The average molecular weight is 506 g/mol. The number of nitrogens with zero attached hydrogens (tertiary/aromatic N) is 5. The summed E-state index contributed by atoms with van der Waals surface area (Å²) in [6.45, 7) is 3.67. The highest BCUT2D eigenvalue weighted by Gasteiger charge is 2.42. The van der Waals surface area contributed by atoms with E-state index in [1.54, 1.807) is 29.6 Å². The van der Waals surface area contributed by atoms with Gasteiger partial charge in [-0.1, -0.05) is 42.5 Å². The number of rotatable bonds is 5. The van der Waals surface area contributed by atoms with Crippen molar-refractivity contribution in [1.29, 1.82) is 0 Å². The Morgan fingerprint density at radius 1 is 1.03 bits per heavy atom. The van der Waals surface area contributed by atoms with Crippen LogP contribution in [0.25, 0.3) is 16.8 Å². The minimum Gasteiger partial charge on any atom is -0.382 e. The molecule has 0 fully saturated rings. The second-order valence-electron chi connectivity index (χ2n) is 8.67. The van der Waals surface area contributed by atoms with Crippen LogP contribution in [0.1, 0.15) is 33.1 Å². The van der Waals surface area contributed by atoms with Gasteiger partial charge in [-0.3, -0.25) is 9.48 Å². The SMILES string of the molecule is Cc1ccc(-c2cc(C)c3c(N)ncnn23)cc1C(=O)Nc1cnn(C(c2ccccc2)C(F)(F)F)c1. The Labute approximate surface area is 209 Å². The van der Waals surface area contributed by atoms with Gasteiger partial charge in [0.2, 0.25) is 0 Å². The fraction of sp³-hybridized carbons (Fsp3) is 0.154. The van der Waals surface area contributed by atoms with E-state index in [4.69, 9.17) is 5.73 Å². The lowest BCUT2D eigenvalue weighted by Crippen LogP contribution is -2.28. The molecule has 188 valence electrons.